The topological polar surface area (TPSA) is 87.9 Å². The van der Waals surface area contributed by atoms with Crippen LogP contribution in [0, 0.1) is 0 Å². The van der Waals surface area contributed by atoms with Crippen LogP contribution in [0.3, 0.4) is 0 Å². The number of para-hydroxylation sites is 1. The van der Waals surface area contributed by atoms with Crippen LogP contribution in [0.1, 0.15) is 17.4 Å². The molecule has 2 aromatic carbocycles. The molecule has 8 nitrogen and oxygen atoms in total. The van der Waals surface area contributed by atoms with Gasteiger partial charge in [0.15, 0.2) is 5.76 Å². The fraction of sp³-hybridized carbons (Fsp3) is 0.323. The monoisotopic (exact) mass is 590 g/mol. The second kappa shape index (κ2) is 12.7. The fourth-order valence-corrected chi connectivity index (χ4v) is 6.60. The molecule has 0 spiro atoms. The van der Waals surface area contributed by atoms with Gasteiger partial charge in [0.25, 0.3) is 0 Å². The quantitative estimate of drug-likeness (QED) is 0.292. The van der Waals surface area contributed by atoms with E-state index in [1.807, 2.05) is 47.5 Å². The zero-order valence-corrected chi connectivity index (χ0v) is 24.1. The first-order valence-corrected chi connectivity index (χ1v) is 15.2. The molecule has 0 saturated carbocycles. The van der Waals surface area contributed by atoms with E-state index < -0.39 is 0 Å². The van der Waals surface area contributed by atoms with Gasteiger partial charge in [0, 0.05) is 61.5 Å². The molecule has 0 bridgehead atoms. The van der Waals surface area contributed by atoms with Gasteiger partial charge in [-0.25, -0.2) is 0 Å². The van der Waals surface area contributed by atoms with Gasteiger partial charge < -0.3 is 14.1 Å². The van der Waals surface area contributed by atoms with E-state index in [2.05, 4.69) is 15.2 Å². The molecular formula is C31H31ClN4O4S. The molecule has 2 aliphatic heterocycles. The minimum atomic E-state index is -0.187. The summed E-state index contributed by atoms with van der Waals surface area (Å²) < 4.78 is 12.2. The third-order valence-corrected chi connectivity index (χ3v) is 9.00. The van der Waals surface area contributed by atoms with Gasteiger partial charge in [-0.05, 0) is 54.4 Å². The Labute approximate surface area is 247 Å². The maximum atomic E-state index is 13.3. The zero-order valence-electron chi connectivity index (χ0n) is 22.5. The van der Waals surface area contributed by atoms with E-state index in [1.54, 1.807) is 42.2 Å². The minimum absolute atomic E-state index is 0.101. The van der Waals surface area contributed by atoms with Crippen LogP contribution in [0.4, 0.5) is 0 Å². The Kier molecular flexibility index (Phi) is 8.57. The molecule has 2 saturated heterocycles. The molecule has 4 aromatic rings. The van der Waals surface area contributed by atoms with E-state index >= 15 is 0 Å². The molecule has 2 fully saturated rings. The average Bonchev–Trinajstić information content (AvgIpc) is 3.51. The van der Waals surface area contributed by atoms with E-state index in [-0.39, 0.29) is 28.5 Å². The molecule has 41 heavy (non-hydrogen) atoms. The Balaban J connectivity index is 1.02. The van der Waals surface area contributed by atoms with Crippen LogP contribution < -0.4 is 15.5 Å². The summed E-state index contributed by atoms with van der Waals surface area (Å²) in [6.07, 6.45) is 4.36. The second-order valence-corrected chi connectivity index (χ2v) is 11.8. The fourth-order valence-electron chi connectivity index (χ4n) is 5.26. The van der Waals surface area contributed by atoms with Gasteiger partial charge in [-0.1, -0.05) is 29.8 Å². The number of hydrogen-bond donors (Lipinski definition) is 1. The summed E-state index contributed by atoms with van der Waals surface area (Å²) in [5, 5.41) is 4.66. The van der Waals surface area contributed by atoms with E-state index in [0.29, 0.717) is 41.4 Å². The van der Waals surface area contributed by atoms with Crippen molar-refractivity contribution in [3.8, 4) is 17.1 Å². The highest BCUT2D eigenvalue weighted by Crippen LogP contribution is 2.33. The van der Waals surface area contributed by atoms with Crippen LogP contribution in [-0.2, 0) is 4.79 Å². The first-order chi connectivity index (χ1) is 20.1. The molecule has 1 amide bonds. The lowest BCUT2D eigenvalue weighted by atomic mass is 10.1. The van der Waals surface area contributed by atoms with Crippen LogP contribution in [-0.4, -0.2) is 71.8 Å². The summed E-state index contributed by atoms with van der Waals surface area (Å²) in [4.78, 5) is 35.0. The lowest BCUT2D eigenvalue weighted by Crippen LogP contribution is -2.53. The van der Waals surface area contributed by atoms with Gasteiger partial charge in [0.05, 0.1) is 23.4 Å². The molecule has 2 atom stereocenters. The molecule has 6 rings (SSSR count). The largest absolute Gasteiger partial charge is 0.486 e. The van der Waals surface area contributed by atoms with Crippen molar-refractivity contribution in [2.45, 2.75) is 17.8 Å². The summed E-state index contributed by atoms with van der Waals surface area (Å²) in [5.74, 6) is 1.55. The third kappa shape index (κ3) is 6.28. The Hall–Kier alpha value is -3.37. The molecule has 2 aliphatic rings. The predicted octanol–water partition coefficient (Wildman–Crippen LogP) is 4.83. The zero-order chi connectivity index (χ0) is 28.2. The maximum Gasteiger partial charge on any atom is 0.240 e. The van der Waals surface area contributed by atoms with E-state index in [1.165, 1.54) is 0 Å². The van der Waals surface area contributed by atoms with Gasteiger partial charge in [-0.15, -0.1) is 11.8 Å². The van der Waals surface area contributed by atoms with Crippen LogP contribution in [0.5, 0.6) is 5.75 Å². The number of pyridine rings is 1. The number of rotatable bonds is 8. The number of ether oxygens (including phenoxy) is 1. The number of benzene rings is 2. The molecule has 0 aliphatic carbocycles. The number of nitrogens with one attached hydrogen (secondary N) is 1. The number of thioether (sulfide) groups is 1. The number of fused-ring (bicyclic) bond motifs is 1. The van der Waals surface area contributed by atoms with E-state index in [4.69, 9.17) is 20.8 Å². The average molecular weight is 591 g/mol. The first kappa shape index (κ1) is 27.8. The Morgan fingerprint density at radius 1 is 1.07 bits per heavy atom. The van der Waals surface area contributed by atoms with Gasteiger partial charge in [-0.3, -0.25) is 24.8 Å². The minimum Gasteiger partial charge on any atom is -0.486 e. The Morgan fingerprint density at radius 3 is 2.66 bits per heavy atom. The summed E-state index contributed by atoms with van der Waals surface area (Å²) in [6, 6.07) is 18.2. The molecule has 1 unspecified atom stereocenters. The van der Waals surface area contributed by atoms with Crippen LogP contribution in [0.25, 0.3) is 22.3 Å². The number of amides is 1. The van der Waals surface area contributed by atoms with Gasteiger partial charge in [0.2, 0.25) is 17.1 Å². The van der Waals surface area contributed by atoms with Gasteiger partial charge in [-0.2, -0.15) is 0 Å². The normalized spacial score (nSPS) is 19.5. The Bertz CT molecular complexity index is 1560. The van der Waals surface area contributed by atoms with Crippen molar-refractivity contribution < 1.29 is 13.9 Å². The molecular weight excluding hydrogens is 560 g/mol. The summed E-state index contributed by atoms with van der Waals surface area (Å²) >= 11 is 7.83. The highest BCUT2D eigenvalue weighted by atomic mass is 35.5. The Morgan fingerprint density at radius 2 is 1.88 bits per heavy atom. The van der Waals surface area contributed by atoms with Crippen LogP contribution in [0.15, 0.2) is 82.3 Å². The van der Waals surface area contributed by atoms with Crippen LogP contribution in [0.2, 0.25) is 5.02 Å². The SMILES string of the molecule is O=C([C@@H]1CSC(c2cccnc2)N1)N1CCN(CCCOc2c(-c3ccc(Cl)cc3)oc3ccccc3c2=O)CC1. The van der Waals surface area contributed by atoms with Crippen molar-refractivity contribution in [1.29, 1.82) is 0 Å². The molecule has 2 aromatic heterocycles. The van der Waals surface area contributed by atoms with Crippen molar-refractivity contribution in [3.63, 3.8) is 0 Å². The van der Waals surface area contributed by atoms with E-state index in [9.17, 15) is 9.59 Å². The number of carbonyl (C=O) groups excluding carboxylic acids is 1. The molecule has 0 radical (unpaired) electrons. The van der Waals surface area contributed by atoms with Crippen LogP contribution >= 0.6 is 23.4 Å². The van der Waals surface area contributed by atoms with Crippen molar-refractivity contribution >= 4 is 40.2 Å². The highest BCUT2D eigenvalue weighted by molar-refractivity contribution is 7.99. The number of hydrogen-bond acceptors (Lipinski definition) is 8. The van der Waals surface area contributed by atoms with Crippen molar-refractivity contribution in [2.75, 3.05) is 45.1 Å². The number of carbonyl (C=O) groups is 1. The molecule has 10 heteroatoms. The maximum absolute atomic E-state index is 13.3. The van der Waals surface area contributed by atoms with E-state index in [0.717, 1.165) is 42.9 Å². The molecule has 1 N–H and O–H groups in total. The number of nitrogens with zero attached hydrogens (tertiary/aromatic N) is 3. The standard InChI is InChI=1S/C31H31ClN4O4S/c32-23-10-8-21(9-11-23)28-29(27(37)24-6-1-2-7-26(24)40-28)39-18-4-13-35-14-16-36(17-15-35)31(38)25-20-41-30(34-25)22-5-3-12-33-19-22/h1-3,5-12,19,25,30,34H,4,13-18,20H2/t25-,30?/m0/s1. The smallest absolute Gasteiger partial charge is 0.240 e. The highest BCUT2D eigenvalue weighted by Gasteiger charge is 2.34. The molecule has 4 heterocycles. The number of piperazine rings is 1. The van der Waals surface area contributed by atoms with Crippen molar-refractivity contribution in [2.24, 2.45) is 0 Å². The summed E-state index contributed by atoms with van der Waals surface area (Å²) in [6.45, 7) is 4.22. The number of halogens is 1. The summed E-state index contributed by atoms with van der Waals surface area (Å²) in [7, 11) is 0. The van der Waals surface area contributed by atoms with Gasteiger partial charge in [0.1, 0.15) is 5.58 Å². The number of aromatic nitrogens is 1. The van der Waals surface area contributed by atoms with Crippen molar-refractivity contribution in [1.82, 2.24) is 20.1 Å². The third-order valence-electron chi connectivity index (χ3n) is 7.48. The molecule has 212 valence electrons. The lowest BCUT2D eigenvalue weighted by molar-refractivity contribution is -0.134. The lowest BCUT2D eigenvalue weighted by Gasteiger charge is -2.36. The van der Waals surface area contributed by atoms with Crippen molar-refractivity contribution in [3.05, 3.63) is 93.9 Å². The van der Waals surface area contributed by atoms with Gasteiger partial charge >= 0.3 is 0 Å². The first-order valence-electron chi connectivity index (χ1n) is 13.8. The summed E-state index contributed by atoms with van der Waals surface area (Å²) in [5.41, 5.74) is 2.16. The predicted molar refractivity (Wildman–Crippen MR) is 162 cm³/mol. The second-order valence-electron chi connectivity index (χ2n) is 10.2.